The van der Waals surface area contributed by atoms with Gasteiger partial charge in [0, 0.05) is 18.2 Å². The number of hydrogen-bond acceptors (Lipinski definition) is 3. The summed E-state index contributed by atoms with van der Waals surface area (Å²) in [6.45, 7) is 4.54. The number of rotatable bonds is 10. The third-order valence-electron chi connectivity index (χ3n) is 4.63. The Hall–Kier alpha value is -0.770. The topological polar surface area (TPSA) is 44.5 Å². The molecule has 1 aromatic rings. The van der Waals surface area contributed by atoms with E-state index in [1.807, 2.05) is 0 Å². The van der Waals surface area contributed by atoms with E-state index < -0.39 is 0 Å². The fourth-order valence-corrected chi connectivity index (χ4v) is 2.57. The Balaban J connectivity index is 0.00000192. The van der Waals surface area contributed by atoms with Crippen molar-refractivity contribution in [3.05, 3.63) is 29.3 Å². The van der Waals surface area contributed by atoms with E-state index in [1.54, 1.807) is 0 Å². The van der Waals surface area contributed by atoms with Crippen molar-refractivity contribution in [2.24, 2.45) is 17.6 Å². The lowest BCUT2D eigenvalue weighted by molar-refractivity contribution is 0.108. The van der Waals surface area contributed by atoms with E-state index in [1.165, 1.54) is 36.8 Å². The van der Waals surface area contributed by atoms with Crippen LogP contribution >= 0.6 is 12.4 Å². The van der Waals surface area contributed by atoms with Gasteiger partial charge in [-0.25, -0.2) is 0 Å². The van der Waals surface area contributed by atoms with Crippen LogP contribution in [0.1, 0.15) is 50.2 Å². The summed E-state index contributed by atoms with van der Waals surface area (Å²) in [5.74, 6) is 2.57. The summed E-state index contributed by atoms with van der Waals surface area (Å²) in [5, 5.41) is 0. The van der Waals surface area contributed by atoms with Gasteiger partial charge < -0.3 is 15.2 Å². The third kappa shape index (κ3) is 6.33. The molecule has 4 heteroatoms. The van der Waals surface area contributed by atoms with E-state index in [9.17, 15) is 0 Å². The zero-order chi connectivity index (χ0) is 15.4. The second kappa shape index (κ2) is 8.91. The van der Waals surface area contributed by atoms with E-state index in [0.717, 1.165) is 43.6 Å². The largest absolute Gasteiger partial charge is 0.493 e. The molecule has 2 fully saturated rings. The molecular formula is C19H30ClNO2. The molecule has 3 nitrogen and oxygen atoms in total. The number of halogens is 1. The Morgan fingerprint density at radius 1 is 1.13 bits per heavy atom. The molecule has 23 heavy (non-hydrogen) atoms. The maximum absolute atomic E-state index is 6.09. The standard InChI is InChI=1S/C19H29NO2.ClH/c1-2-18(20)10-16-7-8-19(22-12-15-5-6-15)17(9-16)13-21-11-14-3-4-14;/h7-9,14-15,18H,2-6,10-13,20H2,1H3;1H. The van der Waals surface area contributed by atoms with Gasteiger partial charge in [0.25, 0.3) is 0 Å². The van der Waals surface area contributed by atoms with Crippen molar-refractivity contribution in [3.8, 4) is 5.75 Å². The van der Waals surface area contributed by atoms with Crippen LogP contribution in [0.5, 0.6) is 5.75 Å². The van der Waals surface area contributed by atoms with Crippen molar-refractivity contribution in [2.75, 3.05) is 13.2 Å². The van der Waals surface area contributed by atoms with Gasteiger partial charge >= 0.3 is 0 Å². The van der Waals surface area contributed by atoms with Crippen molar-refractivity contribution in [3.63, 3.8) is 0 Å². The summed E-state index contributed by atoms with van der Waals surface area (Å²) in [5.41, 5.74) is 8.56. The molecule has 0 spiro atoms. The fraction of sp³-hybridized carbons (Fsp3) is 0.684. The van der Waals surface area contributed by atoms with Gasteiger partial charge in [0.15, 0.2) is 0 Å². The third-order valence-corrected chi connectivity index (χ3v) is 4.63. The summed E-state index contributed by atoms with van der Waals surface area (Å²) in [6.07, 6.45) is 7.23. The average Bonchev–Trinajstić information content (AvgIpc) is 3.40. The first-order valence-corrected chi connectivity index (χ1v) is 8.82. The predicted molar refractivity (Wildman–Crippen MR) is 96.3 cm³/mol. The Labute approximate surface area is 146 Å². The smallest absolute Gasteiger partial charge is 0.124 e. The molecule has 2 saturated carbocycles. The van der Waals surface area contributed by atoms with Crippen molar-refractivity contribution in [2.45, 2.75) is 58.1 Å². The van der Waals surface area contributed by atoms with Gasteiger partial charge in [-0.05, 0) is 68.1 Å². The highest BCUT2D eigenvalue weighted by Gasteiger charge is 2.23. The first kappa shape index (κ1) is 18.6. The lowest BCUT2D eigenvalue weighted by atomic mass is 10.0. The van der Waals surface area contributed by atoms with Gasteiger partial charge in [-0.3, -0.25) is 0 Å². The van der Waals surface area contributed by atoms with Crippen LogP contribution in [0.15, 0.2) is 18.2 Å². The first-order chi connectivity index (χ1) is 10.7. The molecule has 2 N–H and O–H groups in total. The van der Waals surface area contributed by atoms with Crippen molar-refractivity contribution in [1.82, 2.24) is 0 Å². The average molecular weight is 340 g/mol. The maximum atomic E-state index is 6.09. The molecule has 0 radical (unpaired) electrons. The van der Waals surface area contributed by atoms with Crippen LogP contribution in [-0.4, -0.2) is 19.3 Å². The van der Waals surface area contributed by atoms with E-state index in [0.29, 0.717) is 6.61 Å². The molecule has 0 amide bonds. The highest BCUT2D eigenvalue weighted by atomic mass is 35.5. The van der Waals surface area contributed by atoms with Crippen LogP contribution in [0, 0.1) is 11.8 Å². The fourth-order valence-electron chi connectivity index (χ4n) is 2.57. The second-order valence-electron chi connectivity index (χ2n) is 7.03. The van der Waals surface area contributed by atoms with Crippen molar-refractivity contribution < 1.29 is 9.47 Å². The normalized spacial score (nSPS) is 18.3. The minimum absolute atomic E-state index is 0. The molecule has 2 aliphatic carbocycles. The van der Waals surface area contributed by atoms with Crippen LogP contribution in [0.25, 0.3) is 0 Å². The Morgan fingerprint density at radius 3 is 2.48 bits per heavy atom. The van der Waals surface area contributed by atoms with E-state index in [4.69, 9.17) is 15.2 Å². The Bertz CT molecular complexity index is 486. The van der Waals surface area contributed by atoms with Gasteiger partial charge in [-0.1, -0.05) is 13.0 Å². The highest BCUT2D eigenvalue weighted by Crippen LogP contribution is 2.32. The molecule has 0 heterocycles. The SMILES string of the molecule is CCC(N)Cc1ccc(OCC2CC2)c(COCC2CC2)c1.Cl. The van der Waals surface area contributed by atoms with Gasteiger partial charge in [0.05, 0.1) is 13.2 Å². The number of hydrogen-bond donors (Lipinski definition) is 1. The van der Waals surface area contributed by atoms with E-state index in [2.05, 4.69) is 25.1 Å². The number of benzene rings is 1. The zero-order valence-corrected chi connectivity index (χ0v) is 14.9. The number of ether oxygens (including phenoxy) is 2. The summed E-state index contributed by atoms with van der Waals surface area (Å²) < 4.78 is 11.9. The van der Waals surface area contributed by atoms with Crippen LogP contribution in [0.3, 0.4) is 0 Å². The molecule has 0 aromatic heterocycles. The van der Waals surface area contributed by atoms with E-state index >= 15 is 0 Å². The monoisotopic (exact) mass is 339 g/mol. The molecular weight excluding hydrogens is 310 g/mol. The summed E-state index contributed by atoms with van der Waals surface area (Å²) >= 11 is 0. The second-order valence-corrected chi connectivity index (χ2v) is 7.03. The summed E-state index contributed by atoms with van der Waals surface area (Å²) in [7, 11) is 0. The van der Waals surface area contributed by atoms with Crippen molar-refractivity contribution in [1.29, 1.82) is 0 Å². The van der Waals surface area contributed by atoms with Crippen molar-refractivity contribution >= 4 is 12.4 Å². The quantitative estimate of drug-likeness (QED) is 0.697. The van der Waals surface area contributed by atoms with Gasteiger partial charge in [0.1, 0.15) is 5.75 Å². The lowest BCUT2D eigenvalue weighted by Gasteiger charge is -2.15. The van der Waals surface area contributed by atoms with Gasteiger partial charge in [-0.2, -0.15) is 0 Å². The first-order valence-electron chi connectivity index (χ1n) is 8.82. The molecule has 130 valence electrons. The highest BCUT2D eigenvalue weighted by molar-refractivity contribution is 5.85. The molecule has 1 aromatic carbocycles. The predicted octanol–water partition coefficient (Wildman–Crippen LogP) is 4.10. The molecule has 0 aliphatic heterocycles. The van der Waals surface area contributed by atoms with Gasteiger partial charge in [-0.15, -0.1) is 12.4 Å². The molecule has 0 bridgehead atoms. The Morgan fingerprint density at radius 2 is 1.83 bits per heavy atom. The van der Waals surface area contributed by atoms with Crippen LogP contribution in [0.2, 0.25) is 0 Å². The summed E-state index contributed by atoms with van der Waals surface area (Å²) in [6, 6.07) is 6.72. The minimum Gasteiger partial charge on any atom is -0.493 e. The number of nitrogens with two attached hydrogens (primary N) is 1. The van der Waals surface area contributed by atoms with E-state index in [-0.39, 0.29) is 18.4 Å². The van der Waals surface area contributed by atoms with Crippen LogP contribution < -0.4 is 10.5 Å². The molecule has 1 unspecified atom stereocenters. The minimum atomic E-state index is 0. The van der Waals surface area contributed by atoms with Crippen LogP contribution in [-0.2, 0) is 17.8 Å². The molecule has 1 atom stereocenters. The Kier molecular flexibility index (Phi) is 7.19. The molecule has 2 aliphatic rings. The van der Waals surface area contributed by atoms with Crippen LogP contribution in [0.4, 0.5) is 0 Å². The maximum Gasteiger partial charge on any atom is 0.124 e. The lowest BCUT2D eigenvalue weighted by Crippen LogP contribution is -2.21. The van der Waals surface area contributed by atoms with Gasteiger partial charge in [0.2, 0.25) is 0 Å². The molecule has 3 rings (SSSR count). The summed E-state index contributed by atoms with van der Waals surface area (Å²) in [4.78, 5) is 0. The zero-order valence-electron chi connectivity index (χ0n) is 14.1. The molecule has 0 saturated heterocycles.